The maximum Gasteiger partial charge on any atom is 0.135 e. The van der Waals surface area contributed by atoms with Crippen molar-refractivity contribution in [2.75, 3.05) is 18.5 Å². The number of nitrogens with zero attached hydrogens (tertiary/aromatic N) is 2. The summed E-state index contributed by atoms with van der Waals surface area (Å²) in [5.41, 5.74) is 7.15. The number of rotatable bonds is 4. The molecule has 0 saturated heterocycles. The summed E-state index contributed by atoms with van der Waals surface area (Å²) < 4.78 is 2.20. The summed E-state index contributed by atoms with van der Waals surface area (Å²) in [4.78, 5) is 9.66. The lowest BCUT2D eigenvalue weighted by atomic mass is 10.0. The number of fused-ring (bicyclic) bond motifs is 1. The van der Waals surface area contributed by atoms with E-state index < -0.39 is 0 Å². The number of aromatic nitrogens is 1. The van der Waals surface area contributed by atoms with Gasteiger partial charge in [-0.25, -0.2) is 9.82 Å². The third-order valence-electron chi connectivity index (χ3n) is 4.15. The zero-order valence-corrected chi connectivity index (χ0v) is 14.9. The largest absolute Gasteiger partial charge is 0.390 e. The number of hydroxylamine groups is 1. The highest BCUT2D eigenvalue weighted by atomic mass is 32.2. The molecule has 5 nitrogen and oxygen atoms in total. The molecule has 0 amide bonds. The molecule has 0 aliphatic carbocycles. The first kappa shape index (κ1) is 17.0. The van der Waals surface area contributed by atoms with E-state index in [4.69, 9.17) is 4.84 Å². The minimum Gasteiger partial charge on any atom is -0.390 e. The first-order chi connectivity index (χ1) is 11.6. The number of aliphatic hydroxyl groups excluding tert-OH is 1. The molecule has 2 aromatic rings. The highest BCUT2D eigenvalue weighted by molar-refractivity contribution is 8.00. The van der Waals surface area contributed by atoms with Crippen LogP contribution in [0.4, 0.5) is 5.69 Å². The smallest absolute Gasteiger partial charge is 0.135 e. The molecule has 126 valence electrons. The molecule has 6 heteroatoms. The van der Waals surface area contributed by atoms with E-state index in [-0.39, 0.29) is 6.61 Å². The Morgan fingerprint density at radius 1 is 1.42 bits per heavy atom. The molecule has 1 aromatic carbocycles. The monoisotopic (exact) mass is 344 g/mol. The molecule has 2 heterocycles. The van der Waals surface area contributed by atoms with E-state index in [1.165, 1.54) is 11.3 Å². The average molecular weight is 344 g/mol. The lowest BCUT2D eigenvalue weighted by Crippen LogP contribution is -2.76. The fourth-order valence-electron chi connectivity index (χ4n) is 2.79. The average Bonchev–Trinajstić information content (AvgIpc) is 2.99. The van der Waals surface area contributed by atoms with Crippen molar-refractivity contribution in [3.63, 3.8) is 0 Å². The first-order valence-corrected chi connectivity index (χ1v) is 8.72. The highest BCUT2D eigenvalue weighted by Crippen LogP contribution is 2.37. The van der Waals surface area contributed by atoms with E-state index in [0.29, 0.717) is 5.69 Å². The van der Waals surface area contributed by atoms with Crippen LogP contribution in [-0.2, 0) is 17.2 Å². The summed E-state index contributed by atoms with van der Waals surface area (Å²) in [5, 5.41) is 11.3. The summed E-state index contributed by atoms with van der Waals surface area (Å²) in [6.07, 6.45) is 1.89. The molecule has 0 bridgehead atoms. The topological polar surface area (TPSA) is 62.2 Å². The van der Waals surface area contributed by atoms with Crippen LogP contribution in [0.25, 0.3) is 11.8 Å². The molecule has 3 rings (SSSR count). The number of quaternary nitrogens is 1. The molecule has 0 spiro atoms. The number of hydrogen-bond acceptors (Lipinski definition) is 5. The van der Waals surface area contributed by atoms with E-state index in [1.807, 2.05) is 30.3 Å². The van der Waals surface area contributed by atoms with Gasteiger partial charge in [0.1, 0.15) is 6.20 Å². The van der Waals surface area contributed by atoms with Crippen LogP contribution < -0.4 is 20.4 Å². The number of anilines is 1. The zero-order valence-electron chi connectivity index (χ0n) is 14.1. The van der Waals surface area contributed by atoms with Crippen LogP contribution in [0.1, 0.15) is 23.7 Å². The van der Waals surface area contributed by atoms with Crippen molar-refractivity contribution >= 4 is 29.4 Å². The summed E-state index contributed by atoms with van der Waals surface area (Å²) in [5.74, 6) is 0.994. The number of benzene rings is 1. The predicted molar refractivity (Wildman–Crippen MR) is 97.1 cm³/mol. The molecule has 0 fully saturated rings. The van der Waals surface area contributed by atoms with E-state index in [1.54, 1.807) is 12.6 Å². The van der Waals surface area contributed by atoms with Gasteiger partial charge in [-0.15, -0.1) is 0 Å². The van der Waals surface area contributed by atoms with Gasteiger partial charge in [0.15, 0.2) is 0 Å². The van der Waals surface area contributed by atoms with Gasteiger partial charge in [0.05, 0.1) is 35.7 Å². The van der Waals surface area contributed by atoms with Crippen molar-refractivity contribution in [2.24, 2.45) is 0 Å². The number of pyridine rings is 1. The molecule has 0 radical (unpaired) electrons. The molecule has 3 N–H and O–H groups in total. The van der Waals surface area contributed by atoms with Crippen molar-refractivity contribution in [1.29, 1.82) is 0 Å². The van der Waals surface area contributed by atoms with Crippen LogP contribution in [0.15, 0.2) is 30.3 Å². The van der Waals surface area contributed by atoms with E-state index >= 15 is 0 Å². The molecule has 1 aromatic heterocycles. The Balaban J connectivity index is 2.17. The predicted octanol–water partition coefficient (Wildman–Crippen LogP) is 0.254. The van der Waals surface area contributed by atoms with Gasteiger partial charge in [0.25, 0.3) is 0 Å². The Morgan fingerprint density at radius 3 is 3.00 bits per heavy atom. The second-order valence-corrected chi connectivity index (χ2v) is 6.77. The quantitative estimate of drug-likeness (QED) is 0.615. The number of hydrogen-bond donors (Lipinski definition) is 2. The Morgan fingerprint density at radius 2 is 2.25 bits per heavy atom. The van der Waals surface area contributed by atoms with Crippen molar-refractivity contribution in [1.82, 2.24) is 4.98 Å². The van der Waals surface area contributed by atoms with Crippen molar-refractivity contribution < 1.29 is 15.4 Å². The standard InChI is InChI=1S/C18H21N3O2S/c1-12(13-5-7-17-15(8-13)11-24-21(17)2)18-14(9-19-23-3)4-6-16(10-22)20-18/h4-9,19,22H,10-11H2,1-3H3/p+1/b14-9-,18-12-. The summed E-state index contributed by atoms with van der Waals surface area (Å²) in [6, 6.07) is 10.3. The second kappa shape index (κ2) is 7.36. The molecule has 1 aliphatic heterocycles. The van der Waals surface area contributed by atoms with E-state index in [2.05, 4.69) is 41.5 Å². The van der Waals surface area contributed by atoms with Crippen molar-refractivity contribution in [3.05, 3.63) is 57.7 Å². The van der Waals surface area contributed by atoms with Crippen LogP contribution in [0, 0.1) is 0 Å². The van der Waals surface area contributed by atoms with Gasteiger partial charge in [0, 0.05) is 12.8 Å². The Bertz CT molecular complexity index is 867. The van der Waals surface area contributed by atoms with Crippen LogP contribution in [0.5, 0.6) is 0 Å². The Labute approximate surface area is 145 Å². The third kappa shape index (κ3) is 3.32. The molecular formula is C18H22N3O2S+. The van der Waals surface area contributed by atoms with Gasteiger partial charge in [-0.3, -0.25) is 0 Å². The minimum atomic E-state index is -0.0693. The van der Waals surface area contributed by atoms with Crippen LogP contribution in [0.3, 0.4) is 0 Å². The van der Waals surface area contributed by atoms with Gasteiger partial charge in [-0.05, 0) is 59.8 Å². The lowest BCUT2D eigenvalue weighted by Gasteiger charge is -2.11. The van der Waals surface area contributed by atoms with E-state index in [0.717, 1.165) is 27.5 Å². The van der Waals surface area contributed by atoms with Gasteiger partial charge in [-0.2, -0.15) is 5.48 Å². The Hall–Kier alpha value is -1.86. The first-order valence-electron chi connectivity index (χ1n) is 7.78. The van der Waals surface area contributed by atoms with Crippen LogP contribution in [0.2, 0.25) is 0 Å². The number of nitrogens with two attached hydrogens (primary N) is 1. The second-order valence-electron chi connectivity index (χ2n) is 5.68. The van der Waals surface area contributed by atoms with Crippen LogP contribution >= 0.6 is 11.9 Å². The van der Waals surface area contributed by atoms with Gasteiger partial charge >= 0.3 is 0 Å². The SMILES string of the molecule is CO[NH2+]/C=c1/ccc(CO)n/c1=C(/C)c1ccc2c(c1)CSN2C. The fourth-order valence-corrected chi connectivity index (χ4v) is 3.67. The molecule has 24 heavy (non-hydrogen) atoms. The van der Waals surface area contributed by atoms with Gasteiger partial charge in [0.2, 0.25) is 0 Å². The normalized spacial score (nSPS) is 15.7. The summed E-state index contributed by atoms with van der Waals surface area (Å²) in [6.45, 7) is 2.00. The maximum atomic E-state index is 9.41. The van der Waals surface area contributed by atoms with Crippen LogP contribution in [-0.4, -0.2) is 24.2 Å². The number of aliphatic hydroxyl groups is 1. The lowest BCUT2D eigenvalue weighted by molar-refractivity contribution is -0.817. The highest BCUT2D eigenvalue weighted by Gasteiger charge is 2.17. The van der Waals surface area contributed by atoms with E-state index in [9.17, 15) is 5.11 Å². The molecule has 0 saturated carbocycles. The molecular weight excluding hydrogens is 322 g/mol. The van der Waals surface area contributed by atoms with Gasteiger partial charge in [-0.1, -0.05) is 6.07 Å². The molecule has 0 atom stereocenters. The third-order valence-corrected chi connectivity index (χ3v) is 5.17. The minimum absolute atomic E-state index is 0.0693. The molecule has 0 unspecified atom stereocenters. The Kier molecular flexibility index (Phi) is 5.20. The fraction of sp³-hybridized carbons (Fsp3) is 0.278. The zero-order chi connectivity index (χ0) is 17.1. The maximum absolute atomic E-state index is 9.41. The van der Waals surface area contributed by atoms with Crippen molar-refractivity contribution in [2.45, 2.75) is 19.3 Å². The summed E-state index contributed by atoms with van der Waals surface area (Å²) >= 11 is 1.81. The molecule has 1 aliphatic rings. The van der Waals surface area contributed by atoms with Crippen molar-refractivity contribution in [3.8, 4) is 0 Å². The summed E-state index contributed by atoms with van der Waals surface area (Å²) in [7, 11) is 3.71. The van der Waals surface area contributed by atoms with Gasteiger partial charge < -0.3 is 9.41 Å².